The molecule has 8 nitrogen and oxygen atoms in total. The van der Waals surface area contributed by atoms with Gasteiger partial charge in [0.25, 0.3) is 5.92 Å². The number of amides is 2. The van der Waals surface area contributed by atoms with Crippen molar-refractivity contribution in [1.82, 2.24) is 19.8 Å². The molecule has 0 aromatic carbocycles. The maximum absolute atomic E-state index is 13.7. The highest BCUT2D eigenvalue weighted by atomic mass is 19.4. The fraction of sp³-hybridized carbons (Fsp3) is 0.524. The molecular formula is C21H22F5N5O3. The van der Waals surface area contributed by atoms with Gasteiger partial charge in [0.15, 0.2) is 17.7 Å². The van der Waals surface area contributed by atoms with Crippen LogP contribution < -0.4 is 5.73 Å². The standard InChI is InChI=1S/C21H22F5N5O3/c22-20(23)6-4-15(32)31(19(20)34)9-12(27)8-16(33)30-7-5-13-14(10-30)28-18(11-2-1-3-11)29-17(13)21(24,25)26/h1-3,12,19,34H,4-10,27H2/t12-,19?/m1/s1. The molecule has 1 aromatic rings. The number of piperidine rings is 1. The molecule has 2 atom stereocenters. The number of hydrogen-bond acceptors (Lipinski definition) is 6. The number of halogens is 5. The minimum Gasteiger partial charge on any atom is -0.368 e. The van der Waals surface area contributed by atoms with E-state index in [1.54, 1.807) is 18.2 Å². The van der Waals surface area contributed by atoms with E-state index < -0.39 is 61.3 Å². The van der Waals surface area contributed by atoms with Gasteiger partial charge in [-0.2, -0.15) is 13.2 Å². The van der Waals surface area contributed by atoms with Gasteiger partial charge in [-0.05, 0) is 6.42 Å². The summed E-state index contributed by atoms with van der Waals surface area (Å²) in [5.41, 5.74) is 5.32. The molecule has 2 aliphatic heterocycles. The fourth-order valence-electron chi connectivity index (χ4n) is 4.13. The maximum Gasteiger partial charge on any atom is 0.433 e. The Morgan fingerprint density at radius 2 is 2.00 bits per heavy atom. The van der Waals surface area contributed by atoms with Crippen LogP contribution in [0.1, 0.15) is 42.0 Å². The summed E-state index contributed by atoms with van der Waals surface area (Å²) >= 11 is 0. The zero-order chi connectivity index (χ0) is 24.8. The lowest BCUT2D eigenvalue weighted by Crippen LogP contribution is -2.58. The summed E-state index contributed by atoms with van der Waals surface area (Å²) in [5, 5.41) is 9.78. The zero-order valence-electron chi connectivity index (χ0n) is 17.9. The van der Waals surface area contributed by atoms with Gasteiger partial charge in [-0.1, -0.05) is 18.2 Å². The number of carbonyl (C=O) groups is 2. The van der Waals surface area contributed by atoms with E-state index in [1.165, 1.54) is 4.90 Å². The molecule has 2 amide bonds. The maximum atomic E-state index is 13.7. The summed E-state index contributed by atoms with van der Waals surface area (Å²) in [4.78, 5) is 34.5. The number of nitrogens with two attached hydrogens (primary N) is 1. The molecule has 3 aliphatic rings. The molecule has 1 saturated heterocycles. The topological polar surface area (TPSA) is 113 Å². The quantitative estimate of drug-likeness (QED) is 0.611. The number of fused-ring (bicyclic) bond motifs is 1. The Hall–Kier alpha value is -2.93. The van der Waals surface area contributed by atoms with Gasteiger partial charge in [0, 0.05) is 49.5 Å². The third kappa shape index (κ3) is 4.67. The second kappa shape index (κ2) is 8.69. The van der Waals surface area contributed by atoms with Gasteiger partial charge in [0.05, 0.1) is 12.2 Å². The van der Waals surface area contributed by atoms with Gasteiger partial charge in [-0.25, -0.2) is 18.7 Å². The number of aliphatic hydroxyl groups excluding tert-OH is 1. The minimum atomic E-state index is -4.69. The molecule has 1 unspecified atom stereocenters. The Balaban J connectivity index is 1.46. The number of aliphatic hydroxyl groups is 1. The molecular weight excluding hydrogens is 465 g/mol. The average Bonchev–Trinajstić information content (AvgIpc) is 2.71. The molecule has 1 aliphatic carbocycles. The highest BCUT2D eigenvalue weighted by Gasteiger charge is 2.48. The lowest BCUT2D eigenvalue weighted by Gasteiger charge is -2.38. The Kier molecular flexibility index (Phi) is 6.19. The Bertz CT molecular complexity index is 1070. The Labute approximate surface area is 190 Å². The van der Waals surface area contributed by atoms with Crippen LogP contribution in [0.25, 0.3) is 5.57 Å². The van der Waals surface area contributed by atoms with Crippen molar-refractivity contribution in [3.05, 3.63) is 41.0 Å². The lowest BCUT2D eigenvalue weighted by molar-refractivity contribution is -0.205. The third-order valence-corrected chi connectivity index (χ3v) is 6.03. The third-order valence-electron chi connectivity index (χ3n) is 6.03. The average molecular weight is 487 g/mol. The first kappa shape index (κ1) is 24.2. The van der Waals surface area contributed by atoms with Crippen LogP contribution in [0.3, 0.4) is 0 Å². The van der Waals surface area contributed by atoms with E-state index in [-0.39, 0.29) is 43.0 Å². The monoisotopic (exact) mass is 487 g/mol. The minimum absolute atomic E-state index is 0.0315. The zero-order valence-corrected chi connectivity index (χ0v) is 17.9. The van der Waals surface area contributed by atoms with Crippen LogP contribution in [0.4, 0.5) is 22.0 Å². The predicted octanol–water partition coefficient (Wildman–Crippen LogP) is 1.63. The first-order valence-electron chi connectivity index (χ1n) is 10.6. The number of rotatable bonds is 5. The number of allylic oxidation sites excluding steroid dienone is 4. The molecule has 4 rings (SSSR count). The van der Waals surface area contributed by atoms with E-state index in [1.807, 2.05) is 0 Å². The highest BCUT2D eigenvalue weighted by Crippen LogP contribution is 2.36. The van der Waals surface area contributed by atoms with Crippen molar-refractivity contribution in [2.75, 3.05) is 13.1 Å². The van der Waals surface area contributed by atoms with E-state index in [0.29, 0.717) is 10.5 Å². The van der Waals surface area contributed by atoms with Crippen LogP contribution in [0.5, 0.6) is 0 Å². The number of alkyl halides is 5. The molecule has 1 aromatic heterocycles. The Morgan fingerprint density at radius 3 is 2.62 bits per heavy atom. The summed E-state index contributed by atoms with van der Waals surface area (Å²) in [6, 6.07) is -1.06. The predicted molar refractivity (Wildman–Crippen MR) is 108 cm³/mol. The molecule has 0 radical (unpaired) electrons. The van der Waals surface area contributed by atoms with Crippen LogP contribution in [-0.2, 0) is 28.7 Å². The molecule has 0 spiro atoms. The molecule has 13 heteroatoms. The van der Waals surface area contributed by atoms with E-state index in [0.717, 1.165) is 0 Å². The molecule has 184 valence electrons. The second-order valence-corrected chi connectivity index (χ2v) is 8.51. The van der Waals surface area contributed by atoms with E-state index in [4.69, 9.17) is 5.73 Å². The van der Waals surface area contributed by atoms with Gasteiger partial charge < -0.3 is 20.6 Å². The fourth-order valence-corrected chi connectivity index (χ4v) is 4.13. The van der Waals surface area contributed by atoms with Crippen molar-refractivity contribution in [2.45, 2.75) is 56.6 Å². The van der Waals surface area contributed by atoms with Crippen molar-refractivity contribution in [3.63, 3.8) is 0 Å². The van der Waals surface area contributed by atoms with Gasteiger partial charge >= 0.3 is 6.18 Å². The molecule has 34 heavy (non-hydrogen) atoms. The first-order valence-corrected chi connectivity index (χ1v) is 10.6. The number of likely N-dealkylation sites (tertiary alicyclic amines) is 1. The van der Waals surface area contributed by atoms with Crippen LogP contribution in [0.2, 0.25) is 0 Å². The number of aromatic nitrogens is 2. The van der Waals surface area contributed by atoms with Gasteiger partial charge in [0.1, 0.15) is 0 Å². The summed E-state index contributed by atoms with van der Waals surface area (Å²) < 4.78 is 68.2. The van der Waals surface area contributed by atoms with Crippen LogP contribution in [0.15, 0.2) is 18.2 Å². The highest BCUT2D eigenvalue weighted by molar-refractivity contribution is 5.79. The number of carbonyl (C=O) groups excluding carboxylic acids is 2. The summed E-state index contributed by atoms with van der Waals surface area (Å²) in [5.74, 6) is -4.79. The molecule has 3 heterocycles. The van der Waals surface area contributed by atoms with Crippen LogP contribution in [0, 0.1) is 0 Å². The first-order chi connectivity index (χ1) is 15.9. The SMILES string of the molecule is N[C@H](CC(=O)N1CCc2c(nc(C3=CC=C3)nc2C(F)(F)F)C1)CN1C(=O)CCC(F)(F)C1O. The molecule has 1 fully saturated rings. The summed E-state index contributed by atoms with van der Waals surface area (Å²) in [7, 11) is 0. The normalized spacial score (nSPS) is 22.7. The van der Waals surface area contributed by atoms with E-state index >= 15 is 0 Å². The molecule has 0 bridgehead atoms. The van der Waals surface area contributed by atoms with Gasteiger partial charge in [0.2, 0.25) is 11.8 Å². The van der Waals surface area contributed by atoms with Crippen LogP contribution >= 0.6 is 0 Å². The van der Waals surface area contributed by atoms with E-state index in [9.17, 15) is 36.6 Å². The number of nitrogens with zero attached hydrogens (tertiary/aromatic N) is 4. The van der Waals surface area contributed by atoms with Crippen molar-refractivity contribution >= 4 is 17.4 Å². The van der Waals surface area contributed by atoms with Gasteiger partial charge in [-0.15, -0.1) is 0 Å². The summed E-state index contributed by atoms with van der Waals surface area (Å²) in [6.07, 6.45) is -3.92. The lowest BCUT2D eigenvalue weighted by atomic mass is 9.99. The largest absolute Gasteiger partial charge is 0.433 e. The molecule has 3 N–H and O–H groups in total. The Morgan fingerprint density at radius 1 is 1.29 bits per heavy atom. The summed E-state index contributed by atoms with van der Waals surface area (Å²) in [6.45, 7) is -0.688. The smallest absolute Gasteiger partial charge is 0.368 e. The van der Waals surface area contributed by atoms with Crippen molar-refractivity contribution in [3.8, 4) is 0 Å². The number of hydrogen-bond donors (Lipinski definition) is 2. The van der Waals surface area contributed by atoms with Crippen molar-refractivity contribution < 1.29 is 36.6 Å². The van der Waals surface area contributed by atoms with Gasteiger partial charge in [-0.3, -0.25) is 9.59 Å². The van der Waals surface area contributed by atoms with E-state index in [2.05, 4.69) is 9.97 Å². The van der Waals surface area contributed by atoms with Crippen LogP contribution in [-0.4, -0.2) is 68.0 Å². The van der Waals surface area contributed by atoms with Crippen molar-refractivity contribution in [2.24, 2.45) is 5.73 Å². The molecule has 0 saturated carbocycles. The second-order valence-electron chi connectivity index (χ2n) is 8.51. The van der Waals surface area contributed by atoms with Crippen molar-refractivity contribution in [1.29, 1.82) is 0 Å².